The van der Waals surface area contributed by atoms with Gasteiger partial charge < -0.3 is 25.1 Å². The van der Waals surface area contributed by atoms with E-state index in [1.54, 1.807) is 60.7 Å². The summed E-state index contributed by atoms with van der Waals surface area (Å²) in [6.45, 7) is -0.256. The first-order valence-corrected chi connectivity index (χ1v) is 9.86. The molecule has 1 aliphatic rings. The molecular weight excluding hydrogens is 398 g/mol. The molecule has 1 heterocycles. The average Bonchev–Trinajstić information content (AvgIpc) is 3.40. The zero-order chi connectivity index (χ0) is 21.6. The number of rotatable bonds is 8. The Morgan fingerprint density at radius 3 is 2.55 bits per heavy atom. The number of carbonyl (C=O) groups is 3. The molecule has 4 rings (SSSR count). The Morgan fingerprint density at radius 1 is 0.935 bits per heavy atom. The zero-order valence-electron chi connectivity index (χ0n) is 16.6. The second kappa shape index (κ2) is 9.17. The summed E-state index contributed by atoms with van der Waals surface area (Å²) in [5.74, 6) is -0.403. The first-order valence-electron chi connectivity index (χ1n) is 9.86. The van der Waals surface area contributed by atoms with Crippen LogP contribution in [-0.2, 0) is 4.79 Å². The first-order chi connectivity index (χ1) is 15.1. The largest absolute Gasteiger partial charge is 0.484 e. The highest BCUT2D eigenvalue weighted by Crippen LogP contribution is 2.22. The van der Waals surface area contributed by atoms with Crippen molar-refractivity contribution in [3.8, 4) is 5.75 Å². The Hall–Kier alpha value is -4.07. The highest BCUT2D eigenvalue weighted by Gasteiger charge is 2.25. The molecule has 1 saturated carbocycles. The predicted octanol–water partition coefficient (Wildman–Crippen LogP) is 3.44. The minimum absolute atomic E-state index is 0.190. The number of nitrogens with one attached hydrogen (secondary N) is 3. The summed E-state index contributed by atoms with van der Waals surface area (Å²) in [4.78, 5) is 36.8. The van der Waals surface area contributed by atoms with Gasteiger partial charge in [0.15, 0.2) is 12.4 Å². The van der Waals surface area contributed by atoms with Crippen LogP contribution in [-0.4, -0.2) is 30.4 Å². The van der Waals surface area contributed by atoms with E-state index in [0.717, 1.165) is 12.8 Å². The lowest BCUT2D eigenvalue weighted by Gasteiger charge is -2.12. The van der Waals surface area contributed by atoms with E-state index in [1.165, 1.54) is 6.26 Å². The van der Waals surface area contributed by atoms with Crippen molar-refractivity contribution in [3.05, 3.63) is 78.3 Å². The van der Waals surface area contributed by atoms with Gasteiger partial charge in [0, 0.05) is 17.8 Å². The molecule has 0 saturated heterocycles. The molecule has 2 aromatic carbocycles. The molecule has 158 valence electrons. The monoisotopic (exact) mass is 419 g/mol. The van der Waals surface area contributed by atoms with E-state index < -0.39 is 5.91 Å². The lowest BCUT2D eigenvalue weighted by molar-refractivity contribution is -0.118. The Kier molecular flexibility index (Phi) is 5.98. The van der Waals surface area contributed by atoms with Gasteiger partial charge in [0.2, 0.25) is 0 Å². The Labute approximate surface area is 178 Å². The standard InChI is InChI=1S/C23H21N3O5/c27-21(26-19-8-2-1-7-18(19)22(28)24-15-10-11-15)14-31-17-6-3-5-16(13-17)25-23(29)20-9-4-12-30-20/h1-9,12-13,15H,10-11,14H2,(H,24,28)(H,25,29)(H,26,27). The van der Waals surface area contributed by atoms with Crippen LogP contribution in [0.15, 0.2) is 71.3 Å². The molecule has 3 aromatic rings. The van der Waals surface area contributed by atoms with Gasteiger partial charge in [0.1, 0.15) is 5.75 Å². The quantitative estimate of drug-likeness (QED) is 0.518. The highest BCUT2D eigenvalue weighted by atomic mass is 16.5. The lowest BCUT2D eigenvalue weighted by atomic mass is 10.1. The van der Waals surface area contributed by atoms with Crippen molar-refractivity contribution in [1.82, 2.24) is 5.32 Å². The third-order valence-corrected chi connectivity index (χ3v) is 4.57. The van der Waals surface area contributed by atoms with Crippen molar-refractivity contribution < 1.29 is 23.5 Å². The number of hydrogen-bond acceptors (Lipinski definition) is 5. The summed E-state index contributed by atoms with van der Waals surface area (Å²) in [5.41, 5.74) is 1.33. The SMILES string of the molecule is O=C(COc1cccc(NC(=O)c2ccco2)c1)Nc1ccccc1C(=O)NC1CC1. The minimum atomic E-state index is -0.406. The maximum Gasteiger partial charge on any atom is 0.291 e. The second-order valence-corrected chi connectivity index (χ2v) is 7.09. The van der Waals surface area contributed by atoms with Crippen molar-refractivity contribution in [2.45, 2.75) is 18.9 Å². The summed E-state index contributed by atoms with van der Waals surface area (Å²) in [5, 5.41) is 8.32. The molecule has 1 aromatic heterocycles. The smallest absolute Gasteiger partial charge is 0.291 e. The van der Waals surface area contributed by atoms with Crippen molar-refractivity contribution in [1.29, 1.82) is 0 Å². The van der Waals surface area contributed by atoms with E-state index in [0.29, 0.717) is 22.7 Å². The van der Waals surface area contributed by atoms with Gasteiger partial charge in [0.25, 0.3) is 17.7 Å². The number of ether oxygens (including phenoxy) is 1. The summed E-state index contributed by atoms with van der Waals surface area (Å²) in [6, 6.07) is 16.9. The number of benzene rings is 2. The van der Waals surface area contributed by atoms with Crippen LogP contribution in [0.2, 0.25) is 0 Å². The molecule has 0 atom stereocenters. The maximum absolute atomic E-state index is 12.4. The van der Waals surface area contributed by atoms with Gasteiger partial charge in [-0.15, -0.1) is 0 Å². The molecule has 0 unspecified atom stereocenters. The molecular formula is C23H21N3O5. The van der Waals surface area contributed by atoms with Crippen LogP contribution >= 0.6 is 0 Å². The molecule has 31 heavy (non-hydrogen) atoms. The fourth-order valence-electron chi connectivity index (χ4n) is 2.88. The van der Waals surface area contributed by atoms with Crippen LogP contribution in [0.3, 0.4) is 0 Å². The van der Waals surface area contributed by atoms with Gasteiger partial charge >= 0.3 is 0 Å². The molecule has 0 aliphatic heterocycles. The van der Waals surface area contributed by atoms with Crippen LogP contribution < -0.4 is 20.7 Å². The summed E-state index contributed by atoms with van der Waals surface area (Å²) >= 11 is 0. The fraction of sp³-hybridized carbons (Fsp3) is 0.174. The number of hydrogen-bond donors (Lipinski definition) is 3. The van der Waals surface area contributed by atoms with E-state index in [-0.39, 0.29) is 30.2 Å². The molecule has 0 bridgehead atoms. The van der Waals surface area contributed by atoms with Crippen LogP contribution in [0.4, 0.5) is 11.4 Å². The Bertz CT molecular complexity index is 1090. The van der Waals surface area contributed by atoms with E-state index in [2.05, 4.69) is 16.0 Å². The highest BCUT2D eigenvalue weighted by molar-refractivity contribution is 6.04. The number of anilines is 2. The van der Waals surface area contributed by atoms with Gasteiger partial charge in [-0.25, -0.2) is 0 Å². The topological polar surface area (TPSA) is 110 Å². The van der Waals surface area contributed by atoms with E-state index >= 15 is 0 Å². The third kappa shape index (κ3) is 5.51. The number of para-hydroxylation sites is 1. The average molecular weight is 419 g/mol. The van der Waals surface area contributed by atoms with Gasteiger partial charge in [-0.1, -0.05) is 18.2 Å². The van der Waals surface area contributed by atoms with Gasteiger partial charge in [-0.2, -0.15) is 0 Å². The van der Waals surface area contributed by atoms with E-state index in [4.69, 9.17) is 9.15 Å². The molecule has 3 amide bonds. The van der Waals surface area contributed by atoms with Crippen LogP contribution in [0.25, 0.3) is 0 Å². The summed E-state index contributed by atoms with van der Waals surface area (Å²) in [7, 11) is 0. The normalized spacial score (nSPS) is 12.6. The fourth-order valence-corrected chi connectivity index (χ4v) is 2.88. The summed E-state index contributed by atoms with van der Waals surface area (Å²) in [6.07, 6.45) is 3.38. The van der Waals surface area contributed by atoms with Crippen molar-refractivity contribution >= 4 is 29.1 Å². The van der Waals surface area contributed by atoms with Crippen molar-refractivity contribution in [2.24, 2.45) is 0 Å². The van der Waals surface area contributed by atoms with Crippen molar-refractivity contribution in [2.75, 3.05) is 17.2 Å². The molecule has 1 fully saturated rings. The van der Waals surface area contributed by atoms with E-state index in [9.17, 15) is 14.4 Å². The van der Waals surface area contributed by atoms with Gasteiger partial charge in [0.05, 0.1) is 17.5 Å². The van der Waals surface area contributed by atoms with E-state index in [1.807, 2.05) is 0 Å². The number of carbonyl (C=O) groups excluding carboxylic acids is 3. The lowest BCUT2D eigenvalue weighted by Crippen LogP contribution is -2.28. The Morgan fingerprint density at radius 2 is 1.77 bits per heavy atom. The molecule has 8 heteroatoms. The predicted molar refractivity (Wildman–Crippen MR) is 114 cm³/mol. The zero-order valence-corrected chi connectivity index (χ0v) is 16.6. The van der Waals surface area contributed by atoms with Gasteiger partial charge in [-0.05, 0) is 49.2 Å². The van der Waals surface area contributed by atoms with Gasteiger partial charge in [-0.3, -0.25) is 14.4 Å². The molecule has 0 spiro atoms. The molecule has 1 aliphatic carbocycles. The minimum Gasteiger partial charge on any atom is -0.484 e. The molecule has 3 N–H and O–H groups in total. The molecule has 0 radical (unpaired) electrons. The summed E-state index contributed by atoms with van der Waals surface area (Å²) < 4.78 is 10.6. The van der Waals surface area contributed by atoms with Crippen LogP contribution in [0, 0.1) is 0 Å². The third-order valence-electron chi connectivity index (χ3n) is 4.57. The molecule has 8 nitrogen and oxygen atoms in total. The Balaban J connectivity index is 1.33. The van der Waals surface area contributed by atoms with Crippen LogP contribution in [0.5, 0.6) is 5.75 Å². The number of furan rings is 1. The van der Waals surface area contributed by atoms with Crippen molar-refractivity contribution in [3.63, 3.8) is 0 Å². The number of amides is 3. The first kappa shape index (κ1) is 20.2. The van der Waals surface area contributed by atoms with Crippen LogP contribution in [0.1, 0.15) is 33.8 Å². The second-order valence-electron chi connectivity index (χ2n) is 7.09. The maximum atomic E-state index is 12.4.